The molecule has 0 radical (unpaired) electrons. The number of primary amides is 1. The van der Waals surface area contributed by atoms with Crippen molar-refractivity contribution in [1.29, 1.82) is 0 Å². The third kappa shape index (κ3) is 2.90. The van der Waals surface area contributed by atoms with Gasteiger partial charge in [0.25, 0.3) is 5.91 Å². The molecule has 2 heterocycles. The van der Waals surface area contributed by atoms with E-state index in [0.717, 1.165) is 13.1 Å². The molecule has 1 atom stereocenters. The van der Waals surface area contributed by atoms with Crippen molar-refractivity contribution in [3.05, 3.63) is 29.6 Å². The van der Waals surface area contributed by atoms with Crippen LogP contribution in [0.1, 0.15) is 27.8 Å². The van der Waals surface area contributed by atoms with Crippen LogP contribution < -0.4 is 5.73 Å². The second-order valence-electron chi connectivity index (χ2n) is 4.91. The molecule has 1 aromatic heterocycles. The Hall–Kier alpha value is -1.95. The fourth-order valence-electron chi connectivity index (χ4n) is 2.25. The lowest BCUT2D eigenvalue weighted by Crippen LogP contribution is -2.52. The Balaban J connectivity index is 2.13. The van der Waals surface area contributed by atoms with Crippen LogP contribution in [0.2, 0.25) is 0 Å². The number of carbonyl (C=O) groups is 2. The average Bonchev–Trinajstić information content (AvgIpc) is 2.38. The topological polar surface area (TPSA) is 79.5 Å². The fraction of sp³-hybridized carbons (Fsp3) is 0.462. The number of nitrogens with two attached hydrogens (primary N) is 1. The zero-order chi connectivity index (χ0) is 14.0. The summed E-state index contributed by atoms with van der Waals surface area (Å²) >= 11 is 0. The summed E-state index contributed by atoms with van der Waals surface area (Å²) in [6, 6.07) is 3.24. The molecule has 1 aliphatic rings. The lowest BCUT2D eigenvalue weighted by Gasteiger charge is -2.38. The van der Waals surface area contributed by atoms with Crippen molar-refractivity contribution in [2.75, 3.05) is 26.7 Å². The Labute approximate surface area is 112 Å². The Bertz CT molecular complexity index is 486. The maximum Gasteiger partial charge on any atom is 0.272 e. The summed E-state index contributed by atoms with van der Waals surface area (Å²) in [6.45, 7) is 4.42. The van der Waals surface area contributed by atoms with Crippen LogP contribution in [0, 0.1) is 0 Å². The SMILES string of the molecule is CC1CN(C)CCN1C(=O)c1ccc(C(N)=O)cn1. The first-order valence-corrected chi connectivity index (χ1v) is 6.24. The molecule has 19 heavy (non-hydrogen) atoms. The first-order valence-electron chi connectivity index (χ1n) is 6.24. The Morgan fingerprint density at radius 1 is 1.37 bits per heavy atom. The van der Waals surface area contributed by atoms with Crippen LogP contribution in [-0.4, -0.2) is 59.3 Å². The summed E-state index contributed by atoms with van der Waals surface area (Å²) in [5.74, 6) is -0.643. The van der Waals surface area contributed by atoms with Crippen LogP contribution in [0.25, 0.3) is 0 Å². The molecule has 6 heteroatoms. The van der Waals surface area contributed by atoms with Crippen molar-refractivity contribution >= 4 is 11.8 Å². The second-order valence-corrected chi connectivity index (χ2v) is 4.91. The van der Waals surface area contributed by atoms with Gasteiger partial charge in [0.1, 0.15) is 5.69 Å². The summed E-state index contributed by atoms with van der Waals surface area (Å²) in [5.41, 5.74) is 5.80. The number of carbonyl (C=O) groups excluding carboxylic acids is 2. The summed E-state index contributed by atoms with van der Waals surface area (Å²) in [7, 11) is 2.04. The smallest absolute Gasteiger partial charge is 0.272 e. The van der Waals surface area contributed by atoms with Crippen LogP contribution in [0.15, 0.2) is 18.3 Å². The molecule has 1 saturated heterocycles. The second kappa shape index (κ2) is 5.36. The van der Waals surface area contributed by atoms with Crippen molar-refractivity contribution in [3.63, 3.8) is 0 Å². The Morgan fingerprint density at radius 2 is 2.11 bits per heavy atom. The van der Waals surface area contributed by atoms with Crippen molar-refractivity contribution < 1.29 is 9.59 Å². The molecule has 0 aliphatic carbocycles. The van der Waals surface area contributed by atoms with Gasteiger partial charge < -0.3 is 15.5 Å². The molecule has 1 unspecified atom stereocenters. The van der Waals surface area contributed by atoms with E-state index in [4.69, 9.17) is 5.73 Å². The molecule has 0 spiro atoms. The highest BCUT2D eigenvalue weighted by Crippen LogP contribution is 2.12. The van der Waals surface area contributed by atoms with Gasteiger partial charge in [0.05, 0.1) is 5.56 Å². The minimum atomic E-state index is -0.542. The van der Waals surface area contributed by atoms with E-state index in [-0.39, 0.29) is 11.9 Å². The largest absolute Gasteiger partial charge is 0.366 e. The zero-order valence-corrected chi connectivity index (χ0v) is 11.2. The van der Waals surface area contributed by atoms with Gasteiger partial charge in [-0.3, -0.25) is 14.6 Å². The number of rotatable bonds is 2. The van der Waals surface area contributed by atoms with Crippen LogP contribution in [0.5, 0.6) is 0 Å². The van der Waals surface area contributed by atoms with E-state index >= 15 is 0 Å². The Morgan fingerprint density at radius 3 is 2.63 bits per heavy atom. The van der Waals surface area contributed by atoms with Crippen molar-refractivity contribution in [2.45, 2.75) is 13.0 Å². The van der Waals surface area contributed by atoms with E-state index < -0.39 is 5.91 Å². The van der Waals surface area contributed by atoms with Crippen LogP contribution in [0.3, 0.4) is 0 Å². The number of amides is 2. The van der Waals surface area contributed by atoms with E-state index in [9.17, 15) is 9.59 Å². The number of hydrogen-bond donors (Lipinski definition) is 1. The summed E-state index contributed by atoms with van der Waals surface area (Å²) in [4.78, 5) is 31.3. The standard InChI is InChI=1S/C13H18N4O2/c1-9-8-16(2)5-6-17(9)13(19)11-4-3-10(7-15-11)12(14)18/h3-4,7,9H,5-6,8H2,1-2H3,(H2,14,18). The maximum absolute atomic E-state index is 12.3. The van der Waals surface area contributed by atoms with Crippen LogP contribution >= 0.6 is 0 Å². The molecular formula is C13H18N4O2. The van der Waals surface area contributed by atoms with Gasteiger partial charge in [-0.1, -0.05) is 0 Å². The molecule has 2 amide bonds. The first-order chi connectivity index (χ1) is 8.99. The van der Waals surface area contributed by atoms with Gasteiger partial charge in [0, 0.05) is 31.9 Å². The summed E-state index contributed by atoms with van der Waals surface area (Å²) in [5, 5.41) is 0. The quantitative estimate of drug-likeness (QED) is 0.811. The fourth-order valence-corrected chi connectivity index (χ4v) is 2.25. The van der Waals surface area contributed by atoms with Crippen molar-refractivity contribution in [1.82, 2.24) is 14.8 Å². The minimum absolute atomic E-state index is 0.100. The molecule has 1 aromatic rings. The molecule has 1 aliphatic heterocycles. The third-order valence-electron chi connectivity index (χ3n) is 3.36. The number of pyridine rings is 1. The van der Waals surface area contributed by atoms with Crippen LogP contribution in [-0.2, 0) is 0 Å². The van der Waals surface area contributed by atoms with E-state index in [1.54, 1.807) is 6.07 Å². The molecule has 2 rings (SSSR count). The number of piperazine rings is 1. The minimum Gasteiger partial charge on any atom is -0.366 e. The predicted molar refractivity (Wildman–Crippen MR) is 70.8 cm³/mol. The summed E-state index contributed by atoms with van der Waals surface area (Å²) < 4.78 is 0. The van der Waals surface area contributed by atoms with Gasteiger partial charge >= 0.3 is 0 Å². The summed E-state index contributed by atoms with van der Waals surface area (Å²) in [6.07, 6.45) is 1.34. The van der Waals surface area contributed by atoms with E-state index in [0.29, 0.717) is 17.8 Å². The number of nitrogens with zero attached hydrogens (tertiary/aromatic N) is 3. The van der Waals surface area contributed by atoms with Crippen LogP contribution in [0.4, 0.5) is 0 Å². The third-order valence-corrected chi connectivity index (χ3v) is 3.36. The van der Waals surface area contributed by atoms with Gasteiger partial charge in [-0.15, -0.1) is 0 Å². The molecule has 0 saturated carbocycles. The van der Waals surface area contributed by atoms with Crippen molar-refractivity contribution in [3.8, 4) is 0 Å². The highest BCUT2D eigenvalue weighted by atomic mass is 16.2. The van der Waals surface area contributed by atoms with Gasteiger partial charge in [-0.25, -0.2) is 0 Å². The number of hydrogen-bond acceptors (Lipinski definition) is 4. The zero-order valence-electron chi connectivity index (χ0n) is 11.2. The molecule has 0 aromatic carbocycles. The first kappa shape index (κ1) is 13.5. The lowest BCUT2D eigenvalue weighted by molar-refractivity contribution is 0.0527. The molecule has 102 valence electrons. The lowest BCUT2D eigenvalue weighted by atomic mass is 10.1. The number of likely N-dealkylation sites (N-methyl/N-ethyl adjacent to an activating group) is 1. The molecule has 2 N–H and O–H groups in total. The normalized spacial score (nSPS) is 20.3. The monoisotopic (exact) mass is 262 g/mol. The highest BCUT2D eigenvalue weighted by Gasteiger charge is 2.27. The molecule has 1 fully saturated rings. The number of aromatic nitrogens is 1. The van der Waals surface area contributed by atoms with Crippen molar-refractivity contribution in [2.24, 2.45) is 5.73 Å². The van der Waals surface area contributed by atoms with Gasteiger partial charge in [-0.2, -0.15) is 0 Å². The van der Waals surface area contributed by atoms with Gasteiger partial charge in [0.15, 0.2) is 0 Å². The average molecular weight is 262 g/mol. The Kier molecular flexibility index (Phi) is 3.80. The molecule has 6 nitrogen and oxygen atoms in total. The van der Waals surface area contributed by atoms with E-state index in [1.807, 2.05) is 18.9 Å². The molecular weight excluding hydrogens is 244 g/mol. The van der Waals surface area contributed by atoms with E-state index in [2.05, 4.69) is 9.88 Å². The maximum atomic E-state index is 12.3. The van der Waals surface area contributed by atoms with Gasteiger partial charge in [0.2, 0.25) is 5.91 Å². The van der Waals surface area contributed by atoms with E-state index in [1.165, 1.54) is 12.3 Å². The van der Waals surface area contributed by atoms with Gasteiger partial charge in [-0.05, 0) is 26.1 Å². The highest BCUT2D eigenvalue weighted by molar-refractivity contribution is 5.95. The molecule has 0 bridgehead atoms. The predicted octanol–water partition coefficient (Wildman–Crippen LogP) is -0.0434.